The molecule has 0 amide bonds. The lowest BCUT2D eigenvalue weighted by atomic mass is 10.2. The van der Waals surface area contributed by atoms with Crippen molar-refractivity contribution < 1.29 is 13.2 Å². The van der Waals surface area contributed by atoms with E-state index in [0.29, 0.717) is 31.2 Å². The molecule has 2 rings (SSSR count). The van der Waals surface area contributed by atoms with E-state index in [4.69, 9.17) is 10.5 Å². The molecular weight excluding hydrogens is 381 g/mol. The van der Waals surface area contributed by atoms with Crippen LogP contribution >= 0.6 is 24.0 Å². The van der Waals surface area contributed by atoms with Crippen LogP contribution in [0, 0.1) is 0 Å². The molecule has 2 atom stereocenters. The van der Waals surface area contributed by atoms with Crippen LogP contribution < -0.4 is 11.1 Å². The summed E-state index contributed by atoms with van der Waals surface area (Å²) < 4.78 is 28.6. The Morgan fingerprint density at radius 3 is 2.74 bits per heavy atom. The van der Waals surface area contributed by atoms with Gasteiger partial charge in [0.1, 0.15) is 0 Å². The number of halogens is 1. The van der Waals surface area contributed by atoms with Gasteiger partial charge in [0, 0.05) is 13.2 Å². The number of nitrogens with zero attached hydrogens (tertiary/aromatic N) is 1. The van der Waals surface area contributed by atoms with Crippen molar-refractivity contribution >= 4 is 39.8 Å². The minimum Gasteiger partial charge on any atom is -0.376 e. The SMILES string of the molecule is I.NC(=NCC1CCCO1)NCC1CCCS1(=O)=O. The summed E-state index contributed by atoms with van der Waals surface area (Å²) in [6, 6.07) is 0. The minimum atomic E-state index is -2.91. The zero-order valence-electron chi connectivity index (χ0n) is 10.9. The first-order valence-electron chi connectivity index (χ1n) is 6.45. The first-order chi connectivity index (χ1) is 8.58. The average Bonchev–Trinajstić information content (AvgIpc) is 2.93. The molecule has 112 valence electrons. The third-order valence-corrected chi connectivity index (χ3v) is 5.74. The zero-order valence-corrected chi connectivity index (χ0v) is 14.0. The van der Waals surface area contributed by atoms with E-state index in [1.807, 2.05) is 0 Å². The summed E-state index contributed by atoms with van der Waals surface area (Å²) in [4.78, 5) is 4.18. The first-order valence-corrected chi connectivity index (χ1v) is 8.16. The number of hydrogen-bond donors (Lipinski definition) is 2. The molecule has 2 fully saturated rings. The lowest BCUT2D eigenvalue weighted by molar-refractivity contribution is 0.118. The Hall–Kier alpha value is -0.0900. The fourth-order valence-corrected chi connectivity index (χ4v) is 4.12. The molecule has 19 heavy (non-hydrogen) atoms. The molecular formula is C11H22IN3O3S. The highest BCUT2D eigenvalue weighted by Crippen LogP contribution is 2.18. The Morgan fingerprint density at radius 1 is 1.37 bits per heavy atom. The van der Waals surface area contributed by atoms with Crippen LogP contribution in [-0.2, 0) is 14.6 Å². The van der Waals surface area contributed by atoms with Crippen LogP contribution in [0.25, 0.3) is 0 Å². The summed E-state index contributed by atoms with van der Waals surface area (Å²) in [6.45, 7) is 1.72. The van der Waals surface area contributed by atoms with Crippen LogP contribution in [0.3, 0.4) is 0 Å². The van der Waals surface area contributed by atoms with E-state index in [9.17, 15) is 8.42 Å². The highest BCUT2D eigenvalue weighted by molar-refractivity contribution is 14.0. The molecule has 0 spiro atoms. The largest absolute Gasteiger partial charge is 0.376 e. The Labute approximate surface area is 131 Å². The van der Waals surface area contributed by atoms with Gasteiger partial charge in [-0.15, -0.1) is 24.0 Å². The number of ether oxygens (including phenoxy) is 1. The molecule has 2 saturated heterocycles. The van der Waals surface area contributed by atoms with Crippen molar-refractivity contribution in [3.8, 4) is 0 Å². The predicted octanol–water partition coefficient (Wildman–Crippen LogP) is 0.265. The topological polar surface area (TPSA) is 93.8 Å². The van der Waals surface area contributed by atoms with E-state index in [1.165, 1.54) is 0 Å². The lowest BCUT2D eigenvalue weighted by Crippen LogP contribution is -2.39. The third-order valence-electron chi connectivity index (χ3n) is 3.46. The summed E-state index contributed by atoms with van der Waals surface area (Å²) in [6.07, 6.45) is 3.73. The van der Waals surface area contributed by atoms with Gasteiger partial charge in [-0.25, -0.2) is 8.42 Å². The molecule has 3 N–H and O–H groups in total. The second-order valence-corrected chi connectivity index (χ2v) is 7.27. The average molecular weight is 403 g/mol. The molecule has 0 aromatic rings. The predicted molar refractivity (Wildman–Crippen MR) is 85.7 cm³/mol. The maximum absolute atomic E-state index is 11.6. The Morgan fingerprint density at radius 2 is 2.16 bits per heavy atom. The van der Waals surface area contributed by atoms with Crippen LogP contribution in [0.2, 0.25) is 0 Å². The van der Waals surface area contributed by atoms with Crippen LogP contribution in [0.5, 0.6) is 0 Å². The monoisotopic (exact) mass is 403 g/mol. The van der Waals surface area contributed by atoms with Crippen molar-refractivity contribution in [1.29, 1.82) is 0 Å². The first kappa shape index (κ1) is 17.0. The quantitative estimate of drug-likeness (QED) is 0.399. The molecule has 2 aliphatic heterocycles. The van der Waals surface area contributed by atoms with Crippen LogP contribution in [0.4, 0.5) is 0 Å². The summed E-state index contributed by atoms with van der Waals surface area (Å²) >= 11 is 0. The normalized spacial score (nSPS) is 30.0. The van der Waals surface area contributed by atoms with Gasteiger partial charge < -0.3 is 15.8 Å². The van der Waals surface area contributed by atoms with Crippen molar-refractivity contribution in [2.24, 2.45) is 10.7 Å². The summed E-state index contributed by atoms with van der Waals surface area (Å²) in [7, 11) is -2.91. The van der Waals surface area contributed by atoms with Crippen molar-refractivity contribution in [1.82, 2.24) is 5.32 Å². The number of nitrogens with one attached hydrogen (secondary N) is 1. The fourth-order valence-electron chi connectivity index (χ4n) is 2.35. The Bertz CT molecular complexity index is 407. The lowest BCUT2D eigenvalue weighted by Gasteiger charge is -2.12. The van der Waals surface area contributed by atoms with Crippen molar-refractivity contribution in [2.45, 2.75) is 37.0 Å². The molecule has 0 aromatic heterocycles. The van der Waals surface area contributed by atoms with Gasteiger partial charge in [0.2, 0.25) is 0 Å². The van der Waals surface area contributed by atoms with Gasteiger partial charge in [-0.05, 0) is 25.7 Å². The summed E-state index contributed by atoms with van der Waals surface area (Å²) in [5, 5.41) is 2.59. The van der Waals surface area contributed by atoms with Gasteiger partial charge in [0.25, 0.3) is 0 Å². The molecule has 2 aliphatic rings. The molecule has 0 aliphatic carbocycles. The molecule has 0 aromatic carbocycles. The zero-order chi connectivity index (χ0) is 13.0. The maximum atomic E-state index is 11.6. The van der Waals surface area contributed by atoms with Crippen molar-refractivity contribution in [3.63, 3.8) is 0 Å². The number of hydrogen-bond acceptors (Lipinski definition) is 4. The summed E-state index contributed by atoms with van der Waals surface area (Å²) in [5.41, 5.74) is 5.71. The number of sulfone groups is 1. The number of guanidine groups is 1. The highest BCUT2D eigenvalue weighted by Gasteiger charge is 2.30. The Balaban J connectivity index is 0.00000180. The molecule has 6 nitrogen and oxygen atoms in total. The van der Waals surface area contributed by atoms with Gasteiger partial charge >= 0.3 is 0 Å². The van der Waals surface area contributed by atoms with Gasteiger partial charge in [0.15, 0.2) is 15.8 Å². The second-order valence-electron chi connectivity index (χ2n) is 4.87. The molecule has 0 bridgehead atoms. The fraction of sp³-hybridized carbons (Fsp3) is 0.909. The molecule has 2 heterocycles. The standard InChI is InChI=1S/C11H21N3O3S.HI/c12-11(13-7-9-3-1-5-17-9)14-8-10-4-2-6-18(10,15)16;/h9-10H,1-8H2,(H3,12,13,14);1H. The van der Waals surface area contributed by atoms with Crippen LogP contribution in [0.1, 0.15) is 25.7 Å². The van der Waals surface area contributed by atoms with Crippen LogP contribution in [-0.4, -0.2) is 51.2 Å². The molecule has 0 saturated carbocycles. The second kappa shape index (κ2) is 7.63. The molecule has 0 radical (unpaired) electrons. The van der Waals surface area contributed by atoms with Gasteiger partial charge in [-0.3, -0.25) is 4.99 Å². The molecule has 8 heteroatoms. The molecule has 2 unspecified atom stereocenters. The van der Waals surface area contributed by atoms with E-state index in [2.05, 4.69) is 10.3 Å². The number of rotatable bonds is 4. The van der Waals surface area contributed by atoms with Gasteiger partial charge in [-0.1, -0.05) is 0 Å². The van der Waals surface area contributed by atoms with E-state index in [0.717, 1.165) is 25.9 Å². The minimum absolute atomic E-state index is 0. The van der Waals surface area contributed by atoms with E-state index >= 15 is 0 Å². The Kier molecular flexibility index (Phi) is 6.81. The van der Waals surface area contributed by atoms with Gasteiger partial charge in [-0.2, -0.15) is 0 Å². The highest BCUT2D eigenvalue weighted by atomic mass is 127. The number of aliphatic imine (C=N–C) groups is 1. The van der Waals surface area contributed by atoms with Crippen LogP contribution in [0.15, 0.2) is 4.99 Å². The van der Waals surface area contributed by atoms with Crippen molar-refractivity contribution in [2.75, 3.05) is 25.4 Å². The number of nitrogens with two attached hydrogens (primary N) is 1. The smallest absolute Gasteiger partial charge is 0.188 e. The summed E-state index contributed by atoms with van der Waals surface area (Å²) in [5.74, 6) is 0.611. The van der Waals surface area contributed by atoms with E-state index < -0.39 is 9.84 Å². The van der Waals surface area contributed by atoms with Gasteiger partial charge in [0.05, 0.1) is 23.7 Å². The van der Waals surface area contributed by atoms with E-state index in [-0.39, 0.29) is 35.3 Å². The van der Waals surface area contributed by atoms with Crippen molar-refractivity contribution in [3.05, 3.63) is 0 Å². The maximum Gasteiger partial charge on any atom is 0.188 e. The van der Waals surface area contributed by atoms with E-state index in [1.54, 1.807) is 0 Å². The third kappa shape index (κ3) is 5.07.